The van der Waals surface area contributed by atoms with Gasteiger partial charge in [0.25, 0.3) is 0 Å². The average molecular weight is 614 g/mol. The maximum absolute atomic E-state index is 14.1. The molecule has 0 aliphatic carbocycles. The Balaban J connectivity index is 1.22. The molecule has 3 atom stereocenters. The van der Waals surface area contributed by atoms with Crippen molar-refractivity contribution in [3.8, 4) is 0 Å². The number of likely N-dealkylation sites (tertiary alicyclic amines) is 1. The highest BCUT2D eigenvalue weighted by atomic mass is 16.6. The largest absolute Gasteiger partial charge is 0.453 e. The molecule has 238 valence electrons. The first kappa shape index (κ1) is 32.2. The Kier molecular flexibility index (Phi) is 11.6. The number of aryl methyl sites for hydroxylation is 1. The lowest BCUT2D eigenvalue weighted by atomic mass is 9.81. The van der Waals surface area contributed by atoms with Crippen LogP contribution in [0, 0.1) is 0 Å². The molecule has 5 rings (SSSR count). The topological polar surface area (TPSA) is 106 Å². The highest BCUT2D eigenvalue weighted by Gasteiger charge is 2.33. The Hall–Kier alpha value is -4.21. The molecule has 45 heavy (non-hydrogen) atoms. The standard InChI is InChI=1S/C36H43N3O6/c1-43-35(41)38-34(33(27-13-4-2-5-14-27)28-15-6-3-7-16-28)32(40)22-29-17-9-8-12-26(29)18-19-31-23-37-30(24-44-31)25-45-36(42)39-20-10-11-21-39/h2-9,12-17,30-31,33-34,37H,10-11,18-25H2,1H3,(H,38,41)/t30-,31+,34+/m0/s1. The highest BCUT2D eigenvalue weighted by molar-refractivity contribution is 5.91. The van der Waals surface area contributed by atoms with E-state index < -0.39 is 18.1 Å². The number of amides is 2. The van der Waals surface area contributed by atoms with Crippen LogP contribution in [0.15, 0.2) is 84.9 Å². The molecule has 0 saturated carbocycles. The summed E-state index contributed by atoms with van der Waals surface area (Å²) in [6.45, 7) is 2.96. The third-order valence-electron chi connectivity index (χ3n) is 8.61. The molecule has 0 aromatic heterocycles. The summed E-state index contributed by atoms with van der Waals surface area (Å²) < 4.78 is 16.5. The number of carbonyl (C=O) groups excluding carboxylic acids is 3. The van der Waals surface area contributed by atoms with Crippen molar-refractivity contribution in [3.63, 3.8) is 0 Å². The van der Waals surface area contributed by atoms with Crippen LogP contribution in [0.2, 0.25) is 0 Å². The molecule has 2 heterocycles. The zero-order valence-electron chi connectivity index (χ0n) is 25.9. The summed E-state index contributed by atoms with van der Waals surface area (Å²) in [5, 5.41) is 6.30. The van der Waals surface area contributed by atoms with E-state index in [0.29, 0.717) is 19.8 Å². The number of morpholine rings is 1. The molecule has 0 unspecified atom stereocenters. The van der Waals surface area contributed by atoms with Crippen LogP contribution in [0.3, 0.4) is 0 Å². The van der Waals surface area contributed by atoms with Crippen LogP contribution in [-0.4, -0.2) is 81.0 Å². The molecule has 9 nitrogen and oxygen atoms in total. The summed E-state index contributed by atoms with van der Waals surface area (Å²) in [4.78, 5) is 40.6. The normalized spacial score (nSPS) is 18.8. The van der Waals surface area contributed by atoms with Gasteiger partial charge in [-0.25, -0.2) is 9.59 Å². The maximum atomic E-state index is 14.1. The molecule has 2 N–H and O–H groups in total. The van der Waals surface area contributed by atoms with E-state index >= 15 is 0 Å². The van der Waals surface area contributed by atoms with Crippen molar-refractivity contribution in [2.75, 3.05) is 40.0 Å². The number of nitrogens with zero attached hydrogens (tertiary/aromatic N) is 1. The molecule has 9 heteroatoms. The van der Waals surface area contributed by atoms with Gasteiger partial charge in [-0.2, -0.15) is 0 Å². The number of alkyl carbamates (subject to hydrolysis) is 1. The Morgan fingerprint density at radius 3 is 2.13 bits per heavy atom. The molecule has 0 bridgehead atoms. The van der Waals surface area contributed by atoms with Crippen molar-refractivity contribution < 1.29 is 28.6 Å². The van der Waals surface area contributed by atoms with Crippen molar-refractivity contribution in [1.29, 1.82) is 0 Å². The minimum atomic E-state index is -0.835. The van der Waals surface area contributed by atoms with Gasteiger partial charge in [0.1, 0.15) is 12.6 Å². The summed E-state index contributed by atoms with van der Waals surface area (Å²) in [7, 11) is 1.30. The van der Waals surface area contributed by atoms with E-state index in [2.05, 4.69) is 10.6 Å². The number of Topliss-reactive ketones (excluding diaryl/α,β-unsaturated/α-hetero) is 1. The number of hydrogen-bond donors (Lipinski definition) is 2. The molecular weight excluding hydrogens is 570 g/mol. The van der Waals surface area contributed by atoms with Crippen LogP contribution in [0.25, 0.3) is 0 Å². The summed E-state index contributed by atoms with van der Waals surface area (Å²) in [5.41, 5.74) is 3.86. The van der Waals surface area contributed by atoms with Gasteiger partial charge in [0, 0.05) is 32.0 Å². The minimum Gasteiger partial charge on any atom is -0.453 e. The smallest absolute Gasteiger partial charge is 0.409 e. The number of methoxy groups -OCH3 is 1. The second-order valence-electron chi connectivity index (χ2n) is 11.7. The molecular formula is C36H43N3O6. The van der Waals surface area contributed by atoms with Crippen molar-refractivity contribution in [1.82, 2.24) is 15.5 Å². The van der Waals surface area contributed by atoms with Gasteiger partial charge >= 0.3 is 12.2 Å². The Morgan fingerprint density at radius 1 is 0.911 bits per heavy atom. The number of hydrogen-bond acceptors (Lipinski definition) is 7. The fraction of sp³-hybridized carbons (Fsp3) is 0.417. The van der Waals surface area contributed by atoms with Crippen molar-refractivity contribution in [2.45, 2.75) is 56.2 Å². The summed E-state index contributed by atoms with van der Waals surface area (Å²) >= 11 is 0. The minimum absolute atomic E-state index is 0.00794. The van der Waals surface area contributed by atoms with Gasteiger partial charge in [-0.15, -0.1) is 0 Å². The number of nitrogens with one attached hydrogen (secondary N) is 2. The lowest BCUT2D eigenvalue weighted by Crippen LogP contribution is -2.49. The molecule has 2 amide bonds. The van der Waals surface area contributed by atoms with Gasteiger partial charge in [0.15, 0.2) is 5.78 Å². The monoisotopic (exact) mass is 613 g/mol. The van der Waals surface area contributed by atoms with Gasteiger partial charge in [-0.05, 0) is 47.9 Å². The number of benzene rings is 3. The van der Waals surface area contributed by atoms with E-state index in [1.54, 1.807) is 4.90 Å². The van der Waals surface area contributed by atoms with Crippen LogP contribution in [0.1, 0.15) is 47.4 Å². The fourth-order valence-electron chi connectivity index (χ4n) is 6.15. The van der Waals surface area contributed by atoms with E-state index in [9.17, 15) is 14.4 Å². The number of ketones is 1. The average Bonchev–Trinajstić information content (AvgIpc) is 3.63. The van der Waals surface area contributed by atoms with Gasteiger partial charge < -0.3 is 29.7 Å². The third kappa shape index (κ3) is 8.93. The van der Waals surface area contributed by atoms with Gasteiger partial charge in [-0.3, -0.25) is 4.79 Å². The van der Waals surface area contributed by atoms with Crippen LogP contribution in [0.5, 0.6) is 0 Å². The molecule has 2 fully saturated rings. The number of carbonyl (C=O) groups is 3. The molecule has 3 aromatic rings. The predicted octanol–water partition coefficient (Wildman–Crippen LogP) is 4.88. The van der Waals surface area contributed by atoms with Crippen LogP contribution >= 0.6 is 0 Å². The van der Waals surface area contributed by atoms with E-state index in [0.717, 1.165) is 61.0 Å². The van der Waals surface area contributed by atoms with Crippen LogP contribution < -0.4 is 10.6 Å². The molecule has 3 aromatic carbocycles. The summed E-state index contributed by atoms with van der Waals surface area (Å²) in [5.74, 6) is -0.497. The molecule has 2 aliphatic heterocycles. The first-order valence-corrected chi connectivity index (χ1v) is 15.8. The molecule has 2 aliphatic rings. The Bertz CT molecular complexity index is 1350. The van der Waals surface area contributed by atoms with E-state index in [4.69, 9.17) is 14.2 Å². The van der Waals surface area contributed by atoms with Crippen LogP contribution in [-0.2, 0) is 31.8 Å². The van der Waals surface area contributed by atoms with E-state index in [1.807, 2.05) is 84.9 Å². The zero-order chi connectivity index (χ0) is 31.4. The van der Waals surface area contributed by atoms with Crippen LogP contribution in [0.4, 0.5) is 9.59 Å². The van der Waals surface area contributed by atoms with Crippen molar-refractivity contribution in [2.24, 2.45) is 0 Å². The van der Waals surface area contributed by atoms with E-state index in [-0.39, 0.29) is 30.4 Å². The lowest BCUT2D eigenvalue weighted by Gasteiger charge is -2.30. The van der Waals surface area contributed by atoms with Gasteiger partial charge in [-0.1, -0.05) is 84.9 Å². The predicted molar refractivity (Wildman–Crippen MR) is 171 cm³/mol. The van der Waals surface area contributed by atoms with Gasteiger partial charge in [0.05, 0.1) is 25.9 Å². The van der Waals surface area contributed by atoms with Gasteiger partial charge in [0.2, 0.25) is 0 Å². The first-order valence-electron chi connectivity index (χ1n) is 15.8. The Labute approximate surface area is 265 Å². The SMILES string of the molecule is COC(=O)N[C@H](C(=O)Cc1ccccc1CC[C@@H]1CN[C@H](COC(=O)N2CCCC2)CO1)C(c1ccccc1)c1ccccc1. The quantitative estimate of drug-likeness (QED) is 0.300. The third-order valence-corrected chi connectivity index (χ3v) is 8.61. The van der Waals surface area contributed by atoms with Crippen molar-refractivity contribution >= 4 is 18.0 Å². The molecule has 0 radical (unpaired) electrons. The Morgan fingerprint density at radius 2 is 1.53 bits per heavy atom. The van der Waals surface area contributed by atoms with E-state index in [1.165, 1.54) is 7.11 Å². The zero-order valence-corrected chi connectivity index (χ0v) is 25.9. The van der Waals surface area contributed by atoms with Crippen molar-refractivity contribution in [3.05, 3.63) is 107 Å². The summed E-state index contributed by atoms with van der Waals surface area (Å²) in [6, 6.07) is 26.6. The lowest BCUT2D eigenvalue weighted by molar-refractivity contribution is -0.120. The molecule has 0 spiro atoms. The first-order chi connectivity index (χ1) is 22.0. The maximum Gasteiger partial charge on any atom is 0.409 e. The number of ether oxygens (including phenoxy) is 3. The summed E-state index contributed by atoms with van der Waals surface area (Å²) in [6.07, 6.45) is 2.86. The second kappa shape index (κ2) is 16.2. The second-order valence-corrected chi connectivity index (χ2v) is 11.7. The number of rotatable bonds is 12. The molecule has 2 saturated heterocycles. The fourth-order valence-corrected chi connectivity index (χ4v) is 6.15. The highest BCUT2D eigenvalue weighted by Crippen LogP contribution is 2.30.